The fourth-order valence-corrected chi connectivity index (χ4v) is 6.10. The van der Waals surface area contributed by atoms with Crippen molar-refractivity contribution < 1.29 is 58.8 Å². The van der Waals surface area contributed by atoms with Gasteiger partial charge in [0.2, 0.25) is 35.4 Å². The lowest BCUT2D eigenvalue weighted by Gasteiger charge is -2.32. The van der Waals surface area contributed by atoms with Gasteiger partial charge in [-0.1, -0.05) is 26.0 Å². The zero-order valence-electron chi connectivity index (χ0n) is 32.7. The Labute approximate surface area is 330 Å². The van der Waals surface area contributed by atoms with Gasteiger partial charge < -0.3 is 63.4 Å². The standard InChI is InChI=1S/C37H58N8O12/c1-19(2)17-26(33(52)40-20(3)37(56)57)43-32(51)25(13-14-29(48)49)41-35(54)28-8-6-16-45(28)36(55)30(21(4)46)44-34(53)27(18-22-9-11-23(47)12-10-22)42-31(50)24(39)7-5-15-38/h9-12,19-21,24-28,30,46-47H,5-8,13-18,38-39H2,1-4H3,(H,40,52)(H,41,54)(H,42,50)(H,43,51)(H,44,53)(H,48,49)(H,56,57)/t20-,21+,24-,25-,26-,27-,28-,30-/m0/s1. The Morgan fingerprint density at radius 3 is 1.96 bits per heavy atom. The molecule has 0 aromatic heterocycles. The molecule has 57 heavy (non-hydrogen) atoms. The number of nitrogens with zero attached hydrogens (tertiary/aromatic N) is 1. The number of aliphatic hydroxyl groups excluding tert-OH is 1. The first-order chi connectivity index (χ1) is 26.7. The van der Waals surface area contributed by atoms with Crippen LogP contribution in [0.2, 0.25) is 0 Å². The van der Waals surface area contributed by atoms with Gasteiger partial charge >= 0.3 is 11.9 Å². The molecule has 1 aromatic carbocycles. The van der Waals surface area contributed by atoms with Crippen LogP contribution in [0.25, 0.3) is 0 Å². The van der Waals surface area contributed by atoms with Gasteiger partial charge in [0.05, 0.1) is 12.1 Å². The van der Waals surface area contributed by atoms with Crippen LogP contribution in [-0.4, -0.2) is 134 Å². The summed E-state index contributed by atoms with van der Waals surface area (Å²) in [6, 6.07) is -3.26. The topological polar surface area (TPSA) is 333 Å². The molecule has 0 aliphatic carbocycles. The van der Waals surface area contributed by atoms with Crippen LogP contribution in [-0.2, 0) is 44.8 Å². The van der Waals surface area contributed by atoms with Crippen LogP contribution in [0, 0.1) is 5.92 Å². The highest BCUT2D eigenvalue weighted by Gasteiger charge is 2.41. The van der Waals surface area contributed by atoms with Crippen LogP contribution in [0.15, 0.2) is 24.3 Å². The maximum atomic E-state index is 14.0. The van der Waals surface area contributed by atoms with E-state index >= 15 is 0 Å². The summed E-state index contributed by atoms with van der Waals surface area (Å²) in [5.41, 5.74) is 12.1. The second-order valence-corrected chi connectivity index (χ2v) is 14.6. The molecular formula is C37H58N8O12. The van der Waals surface area contributed by atoms with E-state index in [1.165, 1.54) is 38.1 Å². The summed E-state index contributed by atoms with van der Waals surface area (Å²) in [5, 5.41) is 51.3. The zero-order chi connectivity index (χ0) is 43.0. The third-order valence-electron chi connectivity index (χ3n) is 9.30. The van der Waals surface area contributed by atoms with E-state index in [-0.39, 0.29) is 50.4 Å². The third kappa shape index (κ3) is 15.6. The molecule has 318 valence electrons. The molecule has 1 heterocycles. The molecule has 0 spiro atoms. The van der Waals surface area contributed by atoms with Gasteiger partial charge in [0.15, 0.2) is 0 Å². The van der Waals surface area contributed by atoms with Gasteiger partial charge in [-0.25, -0.2) is 0 Å². The van der Waals surface area contributed by atoms with Crippen molar-refractivity contribution in [1.29, 1.82) is 0 Å². The van der Waals surface area contributed by atoms with Crippen LogP contribution in [0.3, 0.4) is 0 Å². The van der Waals surface area contributed by atoms with Gasteiger partial charge in [0.25, 0.3) is 0 Å². The van der Waals surface area contributed by atoms with E-state index in [0.29, 0.717) is 18.4 Å². The van der Waals surface area contributed by atoms with Crippen LogP contribution >= 0.6 is 0 Å². The first-order valence-electron chi connectivity index (χ1n) is 18.9. The monoisotopic (exact) mass is 806 g/mol. The normalized spacial score (nSPS) is 17.5. The fourth-order valence-electron chi connectivity index (χ4n) is 6.10. The maximum absolute atomic E-state index is 14.0. The number of amides is 6. The average molecular weight is 807 g/mol. The second kappa shape index (κ2) is 23.0. The van der Waals surface area contributed by atoms with E-state index in [2.05, 4.69) is 26.6 Å². The molecule has 2 rings (SSSR count). The summed E-state index contributed by atoms with van der Waals surface area (Å²) in [6.45, 7) is 6.31. The van der Waals surface area contributed by atoms with Crippen molar-refractivity contribution in [2.24, 2.45) is 17.4 Å². The molecule has 1 aliphatic heterocycles. The molecule has 1 aromatic rings. The van der Waals surface area contributed by atoms with Crippen LogP contribution in [0.1, 0.15) is 78.2 Å². The molecule has 0 radical (unpaired) electrons. The molecule has 0 unspecified atom stereocenters. The quantitative estimate of drug-likeness (QED) is 0.0560. The van der Waals surface area contributed by atoms with Crippen LogP contribution in [0.5, 0.6) is 5.75 Å². The molecule has 8 atom stereocenters. The van der Waals surface area contributed by atoms with Gasteiger partial charge in [0.1, 0.15) is 42.0 Å². The number of hydrogen-bond donors (Lipinski definition) is 11. The Morgan fingerprint density at radius 1 is 0.807 bits per heavy atom. The van der Waals surface area contributed by atoms with E-state index in [0.717, 1.165) is 4.90 Å². The summed E-state index contributed by atoms with van der Waals surface area (Å²) in [5.74, 6) is -7.68. The number of aliphatic carboxylic acids is 2. The first-order valence-corrected chi connectivity index (χ1v) is 18.9. The van der Waals surface area contributed by atoms with E-state index in [1.54, 1.807) is 13.8 Å². The van der Waals surface area contributed by atoms with Gasteiger partial charge in [0, 0.05) is 19.4 Å². The molecule has 0 saturated carbocycles. The number of hydrogen-bond acceptors (Lipinski definition) is 12. The molecule has 1 saturated heterocycles. The van der Waals surface area contributed by atoms with Gasteiger partial charge in [-0.3, -0.25) is 38.4 Å². The SMILES string of the molecule is CC(C)C[C@H](NC(=O)[C@H](CCC(=O)O)NC(=O)[C@@H]1CCCN1C(=O)[C@@H](NC(=O)[C@H](Cc1ccc(O)cc1)NC(=O)[C@@H](N)CCCN)[C@@H](C)O)C(=O)N[C@@H](C)C(=O)O. The highest BCUT2D eigenvalue weighted by atomic mass is 16.4. The summed E-state index contributed by atoms with van der Waals surface area (Å²) in [6.07, 6.45) is -1.35. The number of benzene rings is 1. The summed E-state index contributed by atoms with van der Waals surface area (Å²) in [7, 11) is 0. The Bertz CT molecular complexity index is 1570. The van der Waals surface area contributed by atoms with Crippen molar-refractivity contribution >= 4 is 47.4 Å². The number of aromatic hydroxyl groups is 1. The van der Waals surface area contributed by atoms with E-state index < -0.39 is 109 Å². The average Bonchev–Trinajstić information content (AvgIpc) is 3.64. The molecular weight excluding hydrogens is 748 g/mol. The van der Waals surface area contributed by atoms with E-state index in [4.69, 9.17) is 11.5 Å². The smallest absolute Gasteiger partial charge is 0.325 e. The van der Waals surface area contributed by atoms with E-state index in [1.807, 2.05) is 0 Å². The van der Waals surface area contributed by atoms with Crippen molar-refractivity contribution in [2.45, 2.75) is 127 Å². The number of aliphatic hydroxyl groups is 1. The Morgan fingerprint density at radius 2 is 1.40 bits per heavy atom. The first kappa shape index (κ1) is 47.8. The molecule has 0 bridgehead atoms. The van der Waals surface area contributed by atoms with Gasteiger partial charge in [-0.15, -0.1) is 0 Å². The number of likely N-dealkylation sites (tertiary alicyclic amines) is 1. The van der Waals surface area contributed by atoms with Crippen molar-refractivity contribution in [3.8, 4) is 5.75 Å². The number of phenolic OH excluding ortho intramolecular Hbond substituents is 1. The number of nitrogens with two attached hydrogens (primary N) is 2. The van der Waals surface area contributed by atoms with Gasteiger partial charge in [-0.2, -0.15) is 0 Å². The highest BCUT2D eigenvalue weighted by Crippen LogP contribution is 2.21. The molecule has 20 nitrogen and oxygen atoms in total. The zero-order valence-corrected chi connectivity index (χ0v) is 32.7. The lowest BCUT2D eigenvalue weighted by Crippen LogP contribution is -2.61. The van der Waals surface area contributed by atoms with Crippen LogP contribution in [0.4, 0.5) is 0 Å². The Kier molecular flexibility index (Phi) is 19.3. The minimum atomic E-state index is -1.61. The number of phenols is 1. The molecule has 13 N–H and O–H groups in total. The van der Waals surface area contributed by atoms with Crippen molar-refractivity contribution in [1.82, 2.24) is 31.5 Å². The predicted molar refractivity (Wildman–Crippen MR) is 204 cm³/mol. The van der Waals surface area contributed by atoms with Crippen molar-refractivity contribution in [2.75, 3.05) is 13.1 Å². The molecule has 6 amide bonds. The number of carboxylic acids is 2. The van der Waals surface area contributed by atoms with Crippen LogP contribution < -0.4 is 38.1 Å². The molecule has 1 aliphatic rings. The lowest BCUT2D eigenvalue weighted by molar-refractivity contribution is -0.145. The third-order valence-corrected chi connectivity index (χ3v) is 9.30. The molecule has 1 fully saturated rings. The lowest BCUT2D eigenvalue weighted by atomic mass is 10.0. The number of carboxylic acid groups (broad SMARTS) is 2. The van der Waals surface area contributed by atoms with Crippen molar-refractivity contribution in [3.63, 3.8) is 0 Å². The largest absolute Gasteiger partial charge is 0.508 e. The Hall–Kier alpha value is -5.34. The highest BCUT2D eigenvalue weighted by molar-refractivity contribution is 5.97. The second-order valence-electron chi connectivity index (χ2n) is 14.6. The number of rotatable bonds is 23. The van der Waals surface area contributed by atoms with E-state index in [9.17, 15) is 58.8 Å². The molecule has 20 heteroatoms. The Balaban J connectivity index is 2.30. The predicted octanol–water partition coefficient (Wildman–Crippen LogP) is -2.19. The fraction of sp³-hybridized carbons (Fsp3) is 0.622. The summed E-state index contributed by atoms with van der Waals surface area (Å²) < 4.78 is 0. The number of carbonyl (C=O) groups is 8. The minimum Gasteiger partial charge on any atom is -0.508 e. The number of carbonyl (C=O) groups excluding carboxylic acids is 6. The van der Waals surface area contributed by atoms with Crippen molar-refractivity contribution in [3.05, 3.63) is 29.8 Å². The maximum Gasteiger partial charge on any atom is 0.325 e. The van der Waals surface area contributed by atoms with Gasteiger partial charge in [-0.05, 0) is 82.5 Å². The minimum absolute atomic E-state index is 0.0179. The summed E-state index contributed by atoms with van der Waals surface area (Å²) in [4.78, 5) is 105. The summed E-state index contributed by atoms with van der Waals surface area (Å²) >= 11 is 0. The number of nitrogens with one attached hydrogen (secondary N) is 5.